The average Bonchev–Trinajstić information content (AvgIpc) is 2.25. The number of hydrogen-bond acceptors (Lipinski definition) is 3. The lowest BCUT2D eigenvalue weighted by Gasteiger charge is -2.23. The molecular weight excluding hydrogens is 178 g/mol. The maximum Gasteiger partial charge on any atom is 0.0906 e. The van der Waals surface area contributed by atoms with Crippen LogP contribution in [0.4, 0.5) is 0 Å². The first-order chi connectivity index (χ1) is 6.83. The number of allylic oxidation sites excluding steroid dienone is 1. The van der Waals surface area contributed by atoms with Crippen molar-refractivity contribution in [3.05, 3.63) is 12.3 Å². The Balaban J connectivity index is 2.28. The normalized spacial score (nSPS) is 19.9. The Hall–Kier alpha value is -1.16. The monoisotopic (exact) mass is 195 g/mol. The van der Waals surface area contributed by atoms with E-state index in [0.29, 0.717) is 0 Å². The van der Waals surface area contributed by atoms with Crippen LogP contribution in [0, 0.1) is 0 Å². The van der Waals surface area contributed by atoms with E-state index in [1.54, 1.807) is 13.2 Å². The van der Waals surface area contributed by atoms with E-state index in [-0.39, 0.29) is 0 Å². The Bertz CT molecular complexity index is 240. The van der Waals surface area contributed by atoms with Crippen LogP contribution in [0.5, 0.6) is 0 Å². The molecule has 0 unspecified atom stereocenters. The second-order valence-corrected chi connectivity index (χ2v) is 3.09. The predicted octanol–water partition coefficient (Wildman–Crippen LogP) is 0.951. The fourth-order valence-electron chi connectivity index (χ4n) is 1.05. The third kappa shape index (κ3) is 4.18. The minimum Gasteiger partial charge on any atom is -0.378 e. The molecule has 1 heterocycles. The third-order valence-corrected chi connectivity index (χ3v) is 2.03. The highest BCUT2D eigenvalue weighted by atomic mass is 16.5. The van der Waals surface area contributed by atoms with Gasteiger partial charge in [0.15, 0.2) is 0 Å². The first-order valence-corrected chi connectivity index (χ1v) is 4.78. The fourth-order valence-corrected chi connectivity index (χ4v) is 1.05. The Morgan fingerprint density at radius 1 is 1.36 bits per heavy atom. The number of nitrogens with zero attached hydrogens (tertiary/aromatic N) is 3. The minimum absolute atomic E-state index is 0.797. The molecule has 0 aromatic heterocycles. The maximum atomic E-state index is 5.22. The van der Waals surface area contributed by atoms with Gasteiger partial charge in [-0.15, -0.1) is 0 Å². The van der Waals surface area contributed by atoms with Crippen molar-refractivity contribution in [1.29, 1.82) is 0 Å². The van der Waals surface area contributed by atoms with Gasteiger partial charge in [0.25, 0.3) is 0 Å². The van der Waals surface area contributed by atoms with Gasteiger partial charge in [-0.25, -0.2) is 4.99 Å². The number of morpholine rings is 1. The molecule has 0 bridgehead atoms. The first kappa shape index (κ1) is 10.9. The standard InChI is InChI=1S/C10H17N3O/c1-10(11-2)3-4-12-9-13-5-7-14-8-6-13/h3-4,9H,5-8H2,1-2H3/b4-3-,11-10?,12-9?. The van der Waals surface area contributed by atoms with E-state index >= 15 is 0 Å². The van der Waals surface area contributed by atoms with E-state index in [1.807, 2.05) is 19.3 Å². The molecule has 0 aliphatic carbocycles. The largest absolute Gasteiger partial charge is 0.378 e. The molecule has 0 N–H and O–H groups in total. The van der Waals surface area contributed by atoms with E-state index < -0.39 is 0 Å². The molecule has 1 fully saturated rings. The molecule has 4 heteroatoms. The summed E-state index contributed by atoms with van der Waals surface area (Å²) in [5.41, 5.74) is 0.976. The molecule has 1 saturated heterocycles. The lowest BCUT2D eigenvalue weighted by atomic mass is 10.4. The summed E-state index contributed by atoms with van der Waals surface area (Å²) >= 11 is 0. The van der Waals surface area contributed by atoms with Gasteiger partial charge in [0.2, 0.25) is 0 Å². The number of ether oxygens (including phenoxy) is 1. The molecule has 14 heavy (non-hydrogen) atoms. The van der Waals surface area contributed by atoms with Crippen LogP contribution >= 0.6 is 0 Å². The highest BCUT2D eigenvalue weighted by Gasteiger charge is 2.04. The summed E-state index contributed by atoms with van der Waals surface area (Å²) < 4.78 is 5.22. The highest BCUT2D eigenvalue weighted by molar-refractivity contribution is 5.92. The summed E-state index contributed by atoms with van der Waals surface area (Å²) in [7, 11) is 1.77. The van der Waals surface area contributed by atoms with Gasteiger partial charge >= 0.3 is 0 Å². The van der Waals surface area contributed by atoms with Crippen LogP contribution in [0.25, 0.3) is 0 Å². The van der Waals surface area contributed by atoms with E-state index in [0.717, 1.165) is 32.0 Å². The number of aliphatic imine (C=N–C) groups is 2. The third-order valence-electron chi connectivity index (χ3n) is 2.03. The molecule has 1 rings (SSSR count). The lowest BCUT2D eigenvalue weighted by Crippen LogP contribution is -2.34. The van der Waals surface area contributed by atoms with E-state index in [9.17, 15) is 0 Å². The Morgan fingerprint density at radius 2 is 2.07 bits per heavy atom. The smallest absolute Gasteiger partial charge is 0.0906 e. The van der Waals surface area contributed by atoms with Crippen LogP contribution in [0.3, 0.4) is 0 Å². The fraction of sp³-hybridized carbons (Fsp3) is 0.600. The number of hydrogen-bond donors (Lipinski definition) is 0. The van der Waals surface area contributed by atoms with Crippen molar-refractivity contribution in [1.82, 2.24) is 4.90 Å². The Morgan fingerprint density at radius 3 is 2.71 bits per heavy atom. The van der Waals surface area contributed by atoms with Gasteiger partial charge in [-0.2, -0.15) is 0 Å². The molecule has 1 aliphatic rings. The first-order valence-electron chi connectivity index (χ1n) is 4.78. The molecule has 0 radical (unpaired) electrons. The summed E-state index contributed by atoms with van der Waals surface area (Å²) in [6, 6.07) is 0. The van der Waals surface area contributed by atoms with Gasteiger partial charge in [-0.3, -0.25) is 4.99 Å². The Labute approximate surface area is 85.0 Å². The van der Waals surface area contributed by atoms with Gasteiger partial charge in [-0.1, -0.05) is 0 Å². The van der Waals surface area contributed by atoms with Gasteiger partial charge < -0.3 is 9.64 Å². The molecule has 0 aromatic carbocycles. The van der Waals surface area contributed by atoms with Crippen molar-refractivity contribution in [2.24, 2.45) is 9.98 Å². The zero-order chi connectivity index (χ0) is 10.2. The zero-order valence-electron chi connectivity index (χ0n) is 8.81. The maximum absolute atomic E-state index is 5.22. The molecule has 0 amide bonds. The minimum atomic E-state index is 0.797. The van der Waals surface area contributed by atoms with Crippen LogP contribution in [-0.4, -0.2) is 50.3 Å². The summed E-state index contributed by atoms with van der Waals surface area (Å²) in [6.45, 7) is 5.40. The van der Waals surface area contributed by atoms with Crippen molar-refractivity contribution in [2.75, 3.05) is 33.4 Å². The summed E-state index contributed by atoms with van der Waals surface area (Å²) in [6.07, 6.45) is 5.50. The zero-order valence-corrected chi connectivity index (χ0v) is 8.81. The van der Waals surface area contributed by atoms with Crippen molar-refractivity contribution in [3.8, 4) is 0 Å². The summed E-state index contributed by atoms with van der Waals surface area (Å²) in [5.74, 6) is 0. The molecule has 1 aliphatic heterocycles. The molecular formula is C10H17N3O. The second kappa shape index (κ2) is 6.32. The molecule has 0 saturated carbocycles. The molecule has 4 nitrogen and oxygen atoms in total. The molecule has 0 atom stereocenters. The SMILES string of the molecule is CN=C(C)/C=C\N=CN1CCOCC1. The average molecular weight is 195 g/mol. The van der Waals surface area contributed by atoms with E-state index in [4.69, 9.17) is 4.74 Å². The quantitative estimate of drug-likeness (QED) is 0.496. The van der Waals surface area contributed by atoms with Gasteiger partial charge in [0.1, 0.15) is 0 Å². The van der Waals surface area contributed by atoms with Crippen LogP contribution in [-0.2, 0) is 4.74 Å². The van der Waals surface area contributed by atoms with Crippen LogP contribution in [0.1, 0.15) is 6.92 Å². The van der Waals surface area contributed by atoms with Crippen LogP contribution in [0.15, 0.2) is 22.3 Å². The molecule has 0 spiro atoms. The second-order valence-electron chi connectivity index (χ2n) is 3.09. The van der Waals surface area contributed by atoms with Crippen molar-refractivity contribution in [2.45, 2.75) is 6.92 Å². The highest BCUT2D eigenvalue weighted by Crippen LogP contribution is 1.93. The van der Waals surface area contributed by atoms with E-state index in [1.165, 1.54) is 0 Å². The van der Waals surface area contributed by atoms with Crippen molar-refractivity contribution < 1.29 is 4.74 Å². The van der Waals surface area contributed by atoms with Crippen molar-refractivity contribution in [3.63, 3.8) is 0 Å². The van der Waals surface area contributed by atoms with Gasteiger partial charge in [-0.05, 0) is 13.0 Å². The summed E-state index contributed by atoms with van der Waals surface area (Å²) in [4.78, 5) is 10.3. The number of rotatable bonds is 3. The predicted molar refractivity (Wildman–Crippen MR) is 59.1 cm³/mol. The summed E-state index contributed by atoms with van der Waals surface area (Å²) in [5, 5.41) is 0. The van der Waals surface area contributed by atoms with Gasteiger partial charge in [0.05, 0.1) is 19.6 Å². The van der Waals surface area contributed by atoms with Crippen molar-refractivity contribution >= 4 is 12.1 Å². The van der Waals surface area contributed by atoms with E-state index in [2.05, 4.69) is 14.9 Å². The lowest BCUT2D eigenvalue weighted by molar-refractivity contribution is 0.0701. The van der Waals surface area contributed by atoms with Crippen LogP contribution < -0.4 is 0 Å². The molecule has 78 valence electrons. The van der Waals surface area contributed by atoms with Crippen LogP contribution in [0.2, 0.25) is 0 Å². The topological polar surface area (TPSA) is 37.2 Å². The Kier molecular flexibility index (Phi) is 4.93. The van der Waals surface area contributed by atoms with Gasteiger partial charge in [0, 0.05) is 32.0 Å². The molecule has 0 aromatic rings.